The van der Waals surface area contributed by atoms with E-state index in [4.69, 9.17) is 0 Å². The number of H-pyrrole nitrogens is 1. The Balaban J connectivity index is 1.33. The van der Waals surface area contributed by atoms with Gasteiger partial charge in [-0.15, -0.1) is 0 Å². The number of aromatic amines is 1. The van der Waals surface area contributed by atoms with Crippen molar-refractivity contribution in [3.05, 3.63) is 65.0 Å². The van der Waals surface area contributed by atoms with Crippen LogP contribution >= 0.6 is 0 Å². The second-order valence-corrected chi connectivity index (χ2v) is 6.50. The summed E-state index contributed by atoms with van der Waals surface area (Å²) in [6.45, 7) is 4.39. The summed E-state index contributed by atoms with van der Waals surface area (Å²) < 4.78 is 1.61. The highest BCUT2D eigenvalue weighted by molar-refractivity contribution is 5.98. The maximum absolute atomic E-state index is 12.7. The fourth-order valence-corrected chi connectivity index (χ4v) is 3.34. The lowest BCUT2D eigenvalue weighted by molar-refractivity contribution is 0.0628. The van der Waals surface area contributed by atoms with Crippen LogP contribution in [0.5, 0.6) is 0 Å². The number of para-hydroxylation sites is 1. The second-order valence-electron chi connectivity index (χ2n) is 6.50. The number of rotatable bonds is 4. The zero-order valence-electron chi connectivity index (χ0n) is 14.5. The van der Waals surface area contributed by atoms with Crippen molar-refractivity contribution in [1.29, 1.82) is 0 Å². The molecule has 0 saturated carbocycles. The highest BCUT2D eigenvalue weighted by Gasteiger charge is 2.23. The summed E-state index contributed by atoms with van der Waals surface area (Å²) >= 11 is 0. The third-order valence-electron chi connectivity index (χ3n) is 4.86. The average Bonchev–Trinajstić information content (AvgIpc) is 3.11. The molecule has 1 amide bonds. The molecule has 0 bridgehead atoms. The molecule has 2 aromatic heterocycles. The smallest absolute Gasteiger partial charge is 0.347 e. The molecule has 1 aliphatic rings. The number of amides is 1. The van der Waals surface area contributed by atoms with Crippen molar-refractivity contribution in [2.45, 2.75) is 6.54 Å². The number of fused-ring (bicyclic) bond motifs is 1. The minimum Gasteiger partial charge on any atom is -0.351 e. The van der Waals surface area contributed by atoms with Crippen molar-refractivity contribution < 1.29 is 4.79 Å². The van der Waals surface area contributed by atoms with Gasteiger partial charge in [-0.25, -0.2) is 9.78 Å². The van der Waals surface area contributed by atoms with E-state index in [1.165, 1.54) is 6.20 Å². The number of hydrogen-bond donors (Lipinski definition) is 1. The van der Waals surface area contributed by atoms with Crippen LogP contribution in [0.3, 0.4) is 0 Å². The Morgan fingerprint density at radius 3 is 2.65 bits per heavy atom. The molecule has 7 nitrogen and oxygen atoms in total. The van der Waals surface area contributed by atoms with Crippen LogP contribution in [-0.2, 0) is 6.54 Å². The zero-order valence-corrected chi connectivity index (χ0v) is 14.5. The molecule has 3 heterocycles. The predicted molar refractivity (Wildman–Crippen MR) is 99.1 cm³/mol. The number of nitrogens with one attached hydrogen (secondary N) is 1. The van der Waals surface area contributed by atoms with Crippen LogP contribution in [0.15, 0.2) is 53.6 Å². The van der Waals surface area contributed by atoms with Crippen molar-refractivity contribution in [3.8, 4) is 0 Å². The fraction of sp³-hybridized carbons (Fsp3) is 0.316. The Labute approximate surface area is 150 Å². The predicted octanol–water partition coefficient (Wildman–Crippen LogP) is 1.18. The van der Waals surface area contributed by atoms with Crippen molar-refractivity contribution in [1.82, 2.24) is 24.3 Å². The molecule has 0 spiro atoms. The van der Waals surface area contributed by atoms with E-state index in [1.807, 2.05) is 35.2 Å². The molecule has 134 valence electrons. The molecule has 1 aromatic carbocycles. The lowest BCUT2D eigenvalue weighted by atomic mass is 10.2. The van der Waals surface area contributed by atoms with E-state index in [-0.39, 0.29) is 11.6 Å². The summed E-state index contributed by atoms with van der Waals surface area (Å²) in [6.07, 6.45) is 3.26. The van der Waals surface area contributed by atoms with Crippen molar-refractivity contribution >= 4 is 16.8 Å². The summed E-state index contributed by atoms with van der Waals surface area (Å²) in [5.41, 5.74) is 1.40. The van der Waals surface area contributed by atoms with E-state index >= 15 is 0 Å². The van der Waals surface area contributed by atoms with Crippen LogP contribution < -0.4 is 5.69 Å². The standard InChI is InChI=1S/C19H21N5O2/c25-18(17-14-15-4-1-2-5-16(15)21-17)23-11-8-22(9-12-23)10-13-24-7-3-6-20-19(24)26/h1-7,14,21H,8-13H2. The third kappa shape index (κ3) is 3.39. The minimum absolute atomic E-state index is 0.0457. The zero-order chi connectivity index (χ0) is 17.9. The summed E-state index contributed by atoms with van der Waals surface area (Å²) in [5.74, 6) is 0.0457. The Hall–Kier alpha value is -2.93. The van der Waals surface area contributed by atoms with Crippen LogP contribution in [0.25, 0.3) is 10.9 Å². The van der Waals surface area contributed by atoms with E-state index < -0.39 is 0 Å². The maximum Gasteiger partial charge on any atom is 0.347 e. The molecule has 1 aliphatic heterocycles. The van der Waals surface area contributed by atoms with Gasteiger partial charge in [0.15, 0.2) is 0 Å². The van der Waals surface area contributed by atoms with Crippen LogP contribution in [-0.4, -0.2) is 63.0 Å². The average molecular weight is 351 g/mol. The van der Waals surface area contributed by atoms with Gasteiger partial charge in [0.2, 0.25) is 0 Å². The molecule has 0 unspecified atom stereocenters. The first kappa shape index (κ1) is 16.5. The summed E-state index contributed by atoms with van der Waals surface area (Å²) in [5, 5.41) is 1.05. The van der Waals surface area contributed by atoms with E-state index in [1.54, 1.807) is 16.8 Å². The van der Waals surface area contributed by atoms with Gasteiger partial charge in [-0.3, -0.25) is 14.3 Å². The first-order chi connectivity index (χ1) is 12.7. The molecular formula is C19H21N5O2. The molecule has 0 atom stereocenters. The van der Waals surface area contributed by atoms with Crippen LogP contribution in [0.4, 0.5) is 0 Å². The summed E-state index contributed by atoms with van der Waals surface area (Å²) in [6, 6.07) is 11.6. The van der Waals surface area contributed by atoms with Crippen molar-refractivity contribution in [2.75, 3.05) is 32.7 Å². The molecule has 1 fully saturated rings. The van der Waals surface area contributed by atoms with Crippen LogP contribution in [0, 0.1) is 0 Å². The molecule has 1 N–H and O–H groups in total. The van der Waals surface area contributed by atoms with Gasteiger partial charge in [-0.2, -0.15) is 0 Å². The van der Waals surface area contributed by atoms with Crippen molar-refractivity contribution in [2.24, 2.45) is 0 Å². The largest absolute Gasteiger partial charge is 0.351 e. The normalized spacial score (nSPS) is 15.5. The molecule has 0 aliphatic carbocycles. The highest BCUT2D eigenvalue weighted by atomic mass is 16.2. The van der Waals surface area contributed by atoms with Crippen LogP contribution in [0.2, 0.25) is 0 Å². The quantitative estimate of drug-likeness (QED) is 0.766. The van der Waals surface area contributed by atoms with Gasteiger partial charge in [0, 0.05) is 62.6 Å². The second kappa shape index (κ2) is 7.13. The third-order valence-corrected chi connectivity index (χ3v) is 4.86. The first-order valence-electron chi connectivity index (χ1n) is 8.81. The van der Waals surface area contributed by atoms with E-state index in [2.05, 4.69) is 14.9 Å². The van der Waals surface area contributed by atoms with E-state index in [9.17, 15) is 9.59 Å². The van der Waals surface area contributed by atoms with Gasteiger partial charge in [0.1, 0.15) is 5.69 Å². The van der Waals surface area contributed by atoms with Gasteiger partial charge in [-0.05, 0) is 18.2 Å². The molecule has 26 heavy (non-hydrogen) atoms. The van der Waals surface area contributed by atoms with E-state index in [0.717, 1.165) is 30.5 Å². The SMILES string of the molecule is O=C(c1cc2ccccc2[nH]1)N1CCN(CCn2cccnc2=O)CC1. The molecule has 7 heteroatoms. The Kier molecular flexibility index (Phi) is 4.53. The topological polar surface area (TPSA) is 74.2 Å². The Morgan fingerprint density at radius 2 is 1.88 bits per heavy atom. The van der Waals surface area contributed by atoms with Gasteiger partial charge >= 0.3 is 5.69 Å². The van der Waals surface area contributed by atoms with Crippen molar-refractivity contribution in [3.63, 3.8) is 0 Å². The number of carbonyl (C=O) groups excluding carboxylic acids is 1. The van der Waals surface area contributed by atoms with Crippen LogP contribution in [0.1, 0.15) is 10.5 Å². The number of carbonyl (C=O) groups is 1. The monoisotopic (exact) mass is 351 g/mol. The summed E-state index contributed by atoms with van der Waals surface area (Å²) in [4.78, 5) is 35.5. The lowest BCUT2D eigenvalue weighted by Crippen LogP contribution is -2.49. The Bertz CT molecular complexity index is 936. The molecular weight excluding hydrogens is 330 g/mol. The molecule has 0 radical (unpaired) electrons. The number of benzene rings is 1. The Morgan fingerprint density at radius 1 is 1.08 bits per heavy atom. The first-order valence-corrected chi connectivity index (χ1v) is 8.81. The molecule has 4 rings (SSSR count). The lowest BCUT2D eigenvalue weighted by Gasteiger charge is -2.34. The maximum atomic E-state index is 12.7. The molecule has 3 aromatic rings. The van der Waals surface area contributed by atoms with Gasteiger partial charge in [0.25, 0.3) is 5.91 Å². The number of piperazine rings is 1. The number of hydrogen-bond acceptors (Lipinski definition) is 4. The van der Waals surface area contributed by atoms with Gasteiger partial charge in [0.05, 0.1) is 0 Å². The molecule has 1 saturated heterocycles. The number of nitrogens with zero attached hydrogens (tertiary/aromatic N) is 4. The number of aromatic nitrogens is 3. The van der Waals surface area contributed by atoms with E-state index in [0.29, 0.717) is 25.3 Å². The van der Waals surface area contributed by atoms with Gasteiger partial charge < -0.3 is 9.88 Å². The van der Waals surface area contributed by atoms with Gasteiger partial charge in [-0.1, -0.05) is 18.2 Å². The minimum atomic E-state index is -0.222. The fourth-order valence-electron chi connectivity index (χ4n) is 3.34. The summed E-state index contributed by atoms with van der Waals surface area (Å²) in [7, 11) is 0. The highest BCUT2D eigenvalue weighted by Crippen LogP contribution is 2.16.